The molecule has 0 saturated carbocycles. The minimum atomic E-state index is -0.163. The van der Waals surface area contributed by atoms with E-state index in [0.717, 1.165) is 15.0 Å². The van der Waals surface area contributed by atoms with Crippen molar-refractivity contribution in [1.29, 1.82) is 0 Å². The molecule has 0 atom stereocenters. The number of carbonyl (C=O) groups excluding carboxylic acids is 1. The summed E-state index contributed by atoms with van der Waals surface area (Å²) in [6.45, 7) is 0. The second-order valence-corrected chi connectivity index (χ2v) is 7.07. The van der Waals surface area contributed by atoms with Crippen LogP contribution in [0.5, 0.6) is 11.5 Å². The van der Waals surface area contributed by atoms with E-state index in [4.69, 9.17) is 9.47 Å². The fourth-order valence-corrected chi connectivity index (χ4v) is 3.34. The molecule has 134 valence electrons. The number of hydrogen-bond acceptors (Lipinski definition) is 6. The maximum atomic E-state index is 12.2. The Morgan fingerprint density at radius 1 is 1.19 bits per heavy atom. The Balaban J connectivity index is 1.69. The first-order valence-electron chi connectivity index (χ1n) is 7.67. The van der Waals surface area contributed by atoms with Crippen LogP contribution in [0.15, 0.2) is 46.4 Å². The monoisotopic (exact) mass is 433 g/mol. The number of hydrogen-bond donors (Lipinski definition) is 1. The Morgan fingerprint density at radius 2 is 2.00 bits per heavy atom. The molecule has 0 spiro atoms. The van der Waals surface area contributed by atoms with Crippen LogP contribution in [0.4, 0.5) is 5.82 Å². The van der Waals surface area contributed by atoms with E-state index >= 15 is 0 Å². The first kappa shape index (κ1) is 18.3. The molecule has 0 aliphatic carbocycles. The van der Waals surface area contributed by atoms with Gasteiger partial charge in [-0.05, 0) is 46.3 Å². The van der Waals surface area contributed by atoms with Gasteiger partial charge in [0.1, 0.15) is 10.8 Å². The van der Waals surface area contributed by atoms with Crippen molar-refractivity contribution < 1.29 is 14.3 Å². The van der Waals surface area contributed by atoms with E-state index in [9.17, 15) is 4.79 Å². The first-order valence-corrected chi connectivity index (χ1v) is 9.34. The van der Waals surface area contributed by atoms with Crippen LogP contribution >= 0.6 is 27.3 Å². The van der Waals surface area contributed by atoms with Gasteiger partial charge in [0.15, 0.2) is 11.5 Å². The van der Waals surface area contributed by atoms with Crippen LogP contribution in [0.2, 0.25) is 0 Å². The van der Waals surface area contributed by atoms with Crippen molar-refractivity contribution in [3.63, 3.8) is 0 Å². The van der Waals surface area contributed by atoms with Crippen LogP contribution in [0.25, 0.3) is 10.6 Å². The van der Waals surface area contributed by atoms with Crippen LogP contribution in [0.3, 0.4) is 0 Å². The molecule has 3 aromatic rings. The fourth-order valence-electron chi connectivity index (χ4n) is 2.29. The second-order valence-electron chi connectivity index (χ2n) is 5.30. The summed E-state index contributed by atoms with van der Waals surface area (Å²) in [5.74, 6) is 1.65. The largest absolute Gasteiger partial charge is 0.493 e. The number of nitrogens with one attached hydrogen (secondary N) is 1. The van der Waals surface area contributed by atoms with Crippen LogP contribution in [-0.2, 0) is 11.2 Å². The minimum absolute atomic E-state index is 0.163. The molecule has 3 rings (SSSR count). The third-order valence-electron chi connectivity index (χ3n) is 3.52. The van der Waals surface area contributed by atoms with Crippen molar-refractivity contribution in [2.75, 3.05) is 19.5 Å². The lowest BCUT2D eigenvalue weighted by Crippen LogP contribution is -2.15. The highest BCUT2D eigenvalue weighted by Gasteiger charge is 2.12. The number of thiazole rings is 1. The summed E-state index contributed by atoms with van der Waals surface area (Å²) in [6, 6.07) is 9.17. The molecule has 0 radical (unpaired) electrons. The lowest BCUT2D eigenvalue weighted by atomic mass is 10.2. The Morgan fingerprint density at radius 3 is 2.69 bits per heavy atom. The zero-order valence-electron chi connectivity index (χ0n) is 14.2. The summed E-state index contributed by atoms with van der Waals surface area (Å²) >= 11 is 4.79. The molecule has 0 bridgehead atoms. The predicted molar refractivity (Wildman–Crippen MR) is 105 cm³/mol. The molecule has 0 fully saturated rings. The third kappa shape index (κ3) is 4.39. The van der Waals surface area contributed by atoms with Gasteiger partial charge in [0.05, 0.1) is 26.3 Å². The lowest BCUT2D eigenvalue weighted by molar-refractivity contribution is -0.115. The maximum absolute atomic E-state index is 12.2. The molecular formula is C18H16BrN3O3S. The molecule has 8 heteroatoms. The van der Waals surface area contributed by atoms with Crippen molar-refractivity contribution in [3.05, 3.63) is 52.1 Å². The highest BCUT2D eigenvalue weighted by atomic mass is 79.9. The fraction of sp³-hybridized carbons (Fsp3) is 0.167. The summed E-state index contributed by atoms with van der Waals surface area (Å²) in [5.41, 5.74) is 1.61. The van der Waals surface area contributed by atoms with Gasteiger partial charge in [-0.15, -0.1) is 11.3 Å². The van der Waals surface area contributed by atoms with Crippen LogP contribution in [0.1, 0.15) is 5.69 Å². The highest BCUT2D eigenvalue weighted by molar-refractivity contribution is 9.10. The number of pyridine rings is 1. The van der Waals surface area contributed by atoms with Crippen LogP contribution in [-0.4, -0.2) is 30.1 Å². The molecule has 6 nitrogen and oxygen atoms in total. The molecular weight excluding hydrogens is 418 g/mol. The van der Waals surface area contributed by atoms with Gasteiger partial charge in [-0.25, -0.2) is 9.97 Å². The predicted octanol–water partition coefficient (Wildman–Crippen LogP) is 4.17. The average molecular weight is 434 g/mol. The van der Waals surface area contributed by atoms with Gasteiger partial charge in [-0.2, -0.15) is 0 Å². The molecule has 0 unspecified atom stereocenters. The zero-order valence-corrected chi connectivity index (χ0v) is 16.6. The molecule has 0 aliphatic rings. The summed E-state index contributed by atoms with van der Waals surface area (Å²) in [5, 5.41) is 5.45. The minimum Gasteiger partial charge on any atom is -0.493 e. The molecule has 0 aliphatic heterocycles. The quantitative estimate of drug-likeness (QED) is 0.631. The van der Waals surface area contributed by atoms with Gasteiger partial charge in [-0.3, -0.25) is 4.79 Å². The number of aromatic nitrogens is 2. The number of benzene rings is 1. The normalized spacial score (nSPS) is 10.4. The van der Waals surface area contributed by atoms with Crippen molar-refractivity contribution in [2.24, 2.45) is 0 Å². The van der Waals surface area contributed by atoms with Crippen molar-refractivity contribution in [1.82, 2.24) is 9.97 Å². The van der Waals surface area contributed by atoms with Gasteiger partial charge in [0, 0.05) is 21.6 Å². The van der Waals surface area contributed by atoms with Gasteiger partial charge in [0.2, 0.25) is 5.91 Å². The first-order chi connectivity index (χ1) is 12.6. The summed E-state index contributed by atoms with van der Waals surface area (Å²) in [7, 11) is 3.19. The number of carbonyl (C=O) groups is 1. The van der Waals surface area contributed by atoms with Crippen molar-refractivity contribution in [3.8, 4) is 22.1 Å². The van der Waals surface area contributed by atoms with Gasteiger partial charge in [0.25, 0.3) is 0 Å². The number of amides is 1. The number of anilines is 1. The average Bonchev–Trinajstić information content (AvgIpc) is 3.11. The SMILES string of the molecule is COc1ccc(-c2nc(CC(=O)Nc3ccc(Br)cn3)cs2)cc1OC. The lowest BCUT2D eigenvalue weighted by Gasteiger charge is -2.08. The van der Waals surface area contributed by atoms with Gasteiger partial charge >= 0.3 is 0 Å². The van der Waals surface area contributed by atoms with Crippen LogP contribution < -0.4 is 14.8 Å². The molecule has 1 amide bonds. The summed E-state index contributed by atoms with van der Waals surface area (Å²) in [4.78, 5) is 20.8. The maximum Gasteiger partial charge on any atom is 0.231 e. The van der Waals surface area contributed by atoms with Gasteiger partial charge < -0.3 is 14.8 Å². The Hall–Kier alpha value is -2.45. The number of ether oxygens (including phenoxy) is 2. The Labute approximate surface area is 163 Å². The highest BCUT2D eigenvalue weighted by Crippen LogP contribution is 2.33. The van der Waals surface area contributed by atoms with E-state index < -0.39 is 0 Å². The standard InChI is InChI=1S/C18H16BrN3O3S/c1-24-14-5-3-11(7-15(14)25-2)18-21-13(10-26-18)8-17(23)22-16-6-4-12(19)9-20-16/h3-7,9-10H,8H2,1-2H3,(H,20,22,23). The van der Waals surface area contributed by atoms with E-state index in [1.165, 1.54) is 11.3 Å². The van der Waals surface area contributed by atoms with E-state index in [2.05, 4.69) is 31.2 Å². The number of methoxy groups -OCH3 is 2. The van der Waals surface area contributed by atoms with Crippen molar-refractivity contribution in [2.45, 2.75) is 6.42 Å². The molecule has 1 N–H and O–H groups in total. The van der Waals surface area contributed by atoms with E-state index in [-0.39, 0.29) is 12.3 Å². The van der Waals surface area contributed by atoms with Crippen molar-refractivity contribution >= 4 is 39.0 Å². The number of rotatable bonds is 6. The third-order valence-corrected chi connectivity index (χ3v) is 4.93. The van der Waals surface area contributed by atoms with E-state index in [1.807, 2.05) is 29.6 Å². The summed E-state index contributed by atoms with van der Waals surface area (Å²) < 4.78 is 11.4. The Bertz CT molecular complexity index is 912. The van der Waals surface area contributed by atoms with Gasteiger partial charge in [-0.1, -0.05) is 0 Å². The smallest absolute Gasteiger partial charge is 0.231 e. The molecule has 26 heavy (non-hydrogen) atoms. The van der Waals surface area contributed by atoms with Crippen LogP contribution in [0, 0.1) is 0 Å². The topological polar surface area (TPSA) is 73.3 Å². The molecule has 1 aromatic carbocycles. The van der Waals surface area contributed by atoms with E-state index in [1.54, 1.807) is 26.5 Å². The molecule has 2 heterocycles. The second kappa shape index (κ2) is 8.29. The summed E-state index contributed by atoms with van der Waals surface area (Å²) in [6.07, 6.45) is 1.81. The molecule has 2 aromatic heterocycles. The number of nitrogens with zero attached hydrogens (tertiary/aromatic N) is 2. The molecule has 0 saturated heterocycles. The van der Waals surface area contributed by atoms with E-state index in [0.29, 0.717) is 23.0 Å². The zero-order chi connectivity index (χ0) is 18.5. The number of halogens is 1. The Kier molecular flexibility index (Phi) is 5.85.